The zero-order chi connectivity index (χ0) is 12.3. The fourth-order valence-electron chi connectivity index (χ4n) is 1.29. The van der Waals surface area contributed by atoms with Gasteiger partial charge in [-0.15, -0.1) is 0 Å². The smallest absolute Gasteiger partial charge is 0.0506 e. The van der Waals surface area contributed by atoms with Crippen LogP contribution >= 0.6 is 0 Å². The third kappa shape index (κ3) is 13.9. The van der Waals surface area contributed by atoms with Crippen molar-refractivity contribution >= 4 is 0 Å². The van der Waals surface area contributed by atoms with Crippen molar-refractivity contribution in [1.29, 1.82) is 0 Å². The minimum Gasteiger partial charge on any atom is -0.381 e. The van der Waals surface area contributed by atoms with Gasteiger partial charge in [-0.2, -0.15) is 0 Å². The van der Waals surface area contributed by atoms with Crippen molar-refractivity contribution in [2.45, 2.75) is 41.0 Å². The Hall–Kier alpha value is -0.0800. The van der Waals surface area contributed by atoms with Crippen LogP contribution in [-0.4, -0.2) is 38.8 Å². The lowest BCUT2D eigenvalue weighted by Gasteiger charge is -2.20. The van der Waals surface area contributed by atoms with E-state index in [2.05, 4.69) is 39.8 Å². The van der Waals surface area contributed by atoms with Crippen LogP contribution in [-0.2, 0) is 4.74 Å². The minimum atomic E-state index is 0.650. The highest BCUT2D eigenvalue weighted by Crippen LogP contribution is 2.05. The number of ether oxygens (including phenoxy) is 1. The highest BCUT2D eigenvalue weighted by Gasteiger charge is 2.07. The van der Waals surface area contributed by atoms with Gasteiger partial charge in [0.25, 0.3) is 0 Å². The van der Waals surface area contributed by atoms with Gasteiger partial charge in [0.05, 0.1) is 6.61 Å². The molecule has 2 heteroatoms. The molecule has 0 amide bonds. The van der Waals surface area contributed by atoms with E-state index in [9.17, 15) is 0 Å². The monoisotopic (exact) mass is 217 g/mol. The van der Waals surface area contributed by atoms with E-state index in [1.54, 1.807) is 0 Å². The van der Waals surface area contributed by atoms with Crippen molar-refractivity contribution < 1.29 is 4.74 Å². The summed E-state index contributed by atoms with van der Waals surface area (Å²) in [5.74, 6) is 1.34. The van der Waals surface area contributed by atoms with Gasteiger partial charge < -0.3 is 9.64 Å². The Morgan fingerprint density at radius 1 is 1.07 bits per heavy atom. The van der Waals surface area contributed by atoms with Crippen LogP contribution in [0.5, 0.6) is 0 Å². The van der Waals surface area contributed by atoms with E-state index in [-0.39, 0.29) is 0 Å². The maximum Gasteiger partial charge on any atom is 0.0506 e. The van der Waals surface area contributed by atoms with Crippen LogP contribution in [0.1, 0.15) is 41.0 Å². The lowest BCUT2D eigenvalue weighted by molar-refractivity contribution is 0.0697. The van der Waals surface area contributed by atoms with Crippen LogP contribution in [0.25, 0.3) is 0 Å². The molecular weight excluding hydrogens is 186 g/mol. The molecule has 0 aliphatic carbocycles. The Morgan fingerprint density at radius 3 is 1.93 bits per heavy atom. The van der Waals surface area contributed by atoms with Gasteiger partial charge in [-0.05, 0) is 32.4 Å². The maximum absolute atomic E-state index is 5.62. The van der Waals surface area contributed by atoms with E-state index in [1.807, 2.05) is 13.8 Å². The van der Waals surface area contributed by atoms with E-state index in [0.29, 0.717) is 11.8 Å². The second-order valence-corrected chi connectivity index (χ2v) is 4.47. The Labute approximate surface area is 97.0 Å². The third-order valence-electron chi connectivity index (χ3n) is 2.01. The average Bonchev–Trinajstić information content (AvgIpc) is 2.18. The molecule has 0 aromatic heterocycles. The van der Waals surface area contributed by atoms with E-state index < -0.39 is 0 Å². The highest BCUT2D eigenvalue weighted by molar-refractivity contribution is 4.59. The maximum atomic E-state index is 5.62. The normalized spacial score (nSPS) is 12.6. The predicted octanol–water partition coefficient (Wildman–Crippen LogP) is 3.27. The molecule has 15 heavy (non-hydrogen) atoms. The van der Waals surface area contributed by atoms with Crippen molar-refractivity contribution in [2.24, 2.45) is 11.8 Å². The lowest BCUT2D eigenvalue weighted by atomic mass is 10.1. The van der Waals surface area contributed by atoms with Crippen molar-refractivity contribution in [3.63, 3.8) is 0 Å². The van der Waals surface area contributed by atoms with Gasteiger partial charge in [-0.3, -0.25) is 0 Å². The molecule has 0 bridgehead atoms. The molecule has 0 saturated carbocycles. The summed E-state index contributed by atoms with van der Waals surface area (Å²) in [6.45, 7) is 13.5. The quantitative estimate of drug-likeness (QED) is 0.649. The summed E-state index contributed by atoms with van der Waals surface area (Å²) in [5.41, 5.74) is 0. The fourth-order valence-corrected chi connectivity index (χ4v) is 1.29. The van der Waals surface area contributed by atoms with Crippen molar-refractivity contribution in [3.05, 3.63) is 0 Å². The van der Waals surface area contributed by atoms with E-state index in [1.165, 1.54) is 6.42 Å². The number of rotatable bonds is 7. The molecule has 0 aliphatic rings. The van der Waals surface area contributed by atoms with Gasteiger partial charge in [-0.1, -0.05) is 34.6 Å². The molecule has 0 spiro atoms. The summed E-state index contributed by atoms with van der Waals surface area (Å²) >= 11 is 0. The molecule has 0 radical (unpaired) electrons. The van der Waals surface area contributed by atoms with Crippen LogP contribution in [0.3, 0.4) is 0 Å². The summed E-state index contributed by atoms with van der Waals surface area (Å²) in [6.07, 6.45) is 1.20. The first-order chi connectivity index (χ1) is 7.06. The first kappa shape index (κ1) is 17.3. The molecule has 0 aromatic rings. The predicted molar refractivity (Wildman–Crippen MR) is 69.3 cm³/mol. The van der Waals surface area contributed by atoms with E-state index in [4.69, 9.17) is 4.74 Å². The molecule has 0 aromatic carbocycles. The Morgan fingerprint density at radius 2 is 1.60 bits per heavy atom. The molecule has 94 valence electrons. The highest BCUT2D eigenvalue weighted by atomic mass is 16.5. The standard InChI is InChI=1S/C11H25NO.C2H6/c1-6-11(7-12(4)5)9-13-8-10(2)3;1-2/h10-11H,6-9H2,1-5H3;1-2H3. The summed E-state index contributed by atoms with van der Waals surface area (Å²) in [7, 11) is 4.23. The van der Waals surface area contributed by atoms with Gasteiger partial charge in [-0.25, -0.2) is 0 Å². The molecule has 1 atom stereocenters. The topological polar surface area (TPSA) is 12.5 Å². The van der Waals surface area contributed by atoms with Gasteiger partial charge >= 0.3 is 0 Å². The summed E-state index contributed by atoms with van der Waals surface area (Å²) in [6, 6.07) is 0. The van der Waals surface area contributed by atoms with E-state index in [0.717, 1.165) is 19.8 Å². The number of nitrogens with zero attached hydrogens (tertiary/aromatic N) is 1. The molecule has 1 unspecified atom stereocenters. The SMILES string of the molecule is CC.CCC(COCC(C)C)CN(C)C. The van der Waals surface area contributed by atoms with Crippen molar-refractivity contribution in [3.8, 4) is 0 Å². The fraction of sp³-hybridized carbons (Fsp3) is 1.00. The first-order valence-corrected chi connectivity index (χ1v) is 6.28. The van der Waals surface area contributed by atoms with Crippen LogP contribution in [0, 0.1) is 11.8 Å². The van der Waals surface area contributed by atoms with Gasteiger partial charge in [0, 0.05) is 13.2 Å². The van der Waals surface area contributed by atoms with Gasteiger partial charge in [0.15, 0.2) is 0 Å². The second-order valence-electron chi connectivity index (χ2n) is 4.47. The Balaban J connectivity index is 0. The van der Waals surface area contributed by atoms with E-state index >= 15 is 0 Å². The average molecular weight is 217 g/mol. The van der Waals surface area contributed by atoms with Crippen molar-refractivity contribution in [1.82, 2.24) is 4.90 Å². The third-order valence-corrected chi connectivity index (χ3v) is 2.01. The largest absolute Gasteiger partial charge is 0.381 e. The Bertz CT molecular complexity index is 113. The van der Waals surface area contributed by atoms with Gasteiger partial charge in [0.1, 0.15) is 0 Å². The summed E-state index contributed by atoms with van der Waals surface area (Å²) in [5, 5.41) is 0. The lowest BCUT2D eigenvalue weighted by Crippen LogP contribution is -2.25. The molecule has 0 aliphatic heterocycles. The van der Waals surface area contributed by atoms with Crippen LogP contribution in [0.4, 0.5) is 0 Å². The van der Waals surface area contributed by atoms with Crippen molar-refractivity contribution in [2.75, 3.05) is 33.9 Å². The molecule has 0 rings (SSSR count). The zero-order valence-electron chi connectivity index (χ0n) is 11.8. The molecule has 0 heterocycles. The minimum absolute atomic E-state index is 0.650. The summed E-state index contributed by atoms with van der Waals surface area (Å²) in [4.78, 5) is 2.23. The number of hydrogen-bond acceptors (Lipinski definition) is 2. The molecule has 0 N–H and O–H groups in total. The molecular formula is C13H31NO. The Kier molecular flexibility index (Phi) is 13.8. The molecule has 2 nitrogen and oxygen atoms in total. The van der Waals surface area contributed by atoms with Crippen LogP contribution in [0.2, 0.25) is 0 Å². The first-order valence-electron chi connectivity index (χ1n) is 6.28. The number of hydrogen-bond donors (Lipinski definition) is 0. The summed E-state index contributed by atoms with van der Waals surface area (Å²) < 4.78 is 5.62. The second kappa shape index (κ2) is 12.0. The zero-order valence-corrected chi connectivity index (χ0v) is 11.8. The van der Waals surface area contributed by atoms with Gasteiger partial charge in [0.2, 0.25) is 0 Å². The van der Waals surface area contributed by atoms with Crippen LogP contribution < -0.4 is 0 Å². The van der Waals surface area contributed by atoms with Crippen LogP contribution in [0.15, 0.2) is 0 Å². The molecule has 0 saturated heterocycles. The molecule has 0 fully saturated rings.